The molecule has 5 nitrogen and oxygen atoms in total. The van der Waals surface area contributed by atoms with E-state index in [1.165, 1.54) is 0 Å². The van der Waals surface area contributed by atoms with Crippen molar-refractivity contribution >= 4 is 7.82 Å². The topological polar surface area (TPSA) is 76.0 Å². The molecule has 0 atom stereocenters. The van der Waals surface area contributed by atoms with Gasteiger partial charge >= 0.3 is 7.82 Å². The number of benzene rings is 1. The second-order valence-electron chi connectivity index (χ2n) is 3.57. The Bertz CT molecular complexity index is 385. The summed E-state index contributed by atoms with van der Waals surface area (Å²) in [5, 5.41) is 0. The standard InChI is InChI=1S/C10H15O5P/c1-8(2)9-5-3-4-6-10(9)14-7-15-16(11,12)13/h3-6,8H,7H2,1-2H3,(H2,11,12,13). The normalized spacial score (nSPS) is 11.8. The molecule has 0 aromatic heterocycles. The lowest BCUT2D eigenvalue weighted by Gasteiger charge is -2.13. The van der Waals surface area contributed by atoms with Crippen LogP contribution in [-0.4, -0.2) is 16.6 Å². The zero-order valence-electron chi connectivity index (χ0n) is 9.16. The third-order valence-electron chi connectivity index (χ3n) is 1.98. The molecule has 1 aromatic rings. The molecule has 0 radical (unpaired) electrons. The van der Waals surface area contributed by atoms with E-state index in [0.29, 0.717) is 5.75 Å². The molecule has 0 unspecified atom stereocenters. The summed E-state index contributed by atoms with van der Waals surface area (Å²) in [7, 11) is -4.47. The van der Waals surface area contributed by atoms with Crippen molar-refractivity contribution in [2.45, 2.75) is 19.8 Å². The van der Waals surface area contributed by atoms with Gasteiger partial charge in [0.15, 0.2) is 6.79 Å². The Kier molecular flexibility index (Phi) is 4.50. The minimum absolute atomic E-state index is 0.270. The van der Waals surface area contributed by atoms with Crippen molar-refractivity contribution in [3.05, 3.63) is 29.8 Å². The van der Waals surface area contributed by atoms with Crippen LogP contribution in [0.15, 0.2) is 24.3 Å². The summed E-state index contributed by atoms with van der Waals surface area (Å²) in [4.78, 5) is 17.0. The van der Waals surface area contributed by atoms with E-state index >= 15 is 0 Å². The van der Waals surface area contributed by atoms with Gasteiger partial charge in [0, 0.05) is 0 Å². The molecule has 0 aliphatic carbocycles. The maximum absolute atomic E-state index is 10.4. The number of rotatable bonds is 5. The quantitative estimate of drug-likeness (QED) is 0.615. The Morgan fingerprint density at radius 3 is 2.50 bits per heavy atom. The Hall–Kier alpha value is -0.870. The molecule has 0 bridgehead atoms. The Morgan fingerprint density at radius 1 is 1.31 bits per heavy atom. The van der Waals surface area contributed by atoms with Crippen molar-refractivity contribution in [1.82, 2.24) is 0 Å². The summed E-state index contributed by atoms with van der Waals surface area (Å²) < 4.78 is 19.8. The number of para-hydroxylation sites is 1. The van der Waals surface area contributed by atoms with Crippen LogP contribution in [0.2, 0.25) is 0 Å². The smallest absolute Gasteiger partial charge is 0.467 e. The van der Waals surface area contributed by atoms with Gasteiger partial charge in [0.1, 0.15) is 5.75 Å². The summed E-state index contributed by atoms with van der Waals surface area (Å²) in [6.07, 6.45) is 0. The first-order valence-electron chi connectivity index (χ1n) is 4.82. The van der Waals surface area contributed by atoms with E-state index in [9.17, 15) is 4.57 Å². The van der Waals surface area contributed by atoms with E-state index in [4.69, 9.17) is 14.5 Å². The molecule has 90 valence electrons. The Labute approximate surface area is 94.3 Å². The van der Waals surface area contributed by atoms with Crippen molar-refractivity contribution < 1.29 is 23.6 Å². The summed E-state index contributed by atoms with van der Waals surface area (Å²) in [6.45, 7) is 3.55. The predicted molar refractivity (Wildman–Crippen MR) is 59.2 cm³/mol. The van der Waals surface area contributed by atoms with Crippen molar-refractivity contribution in [1.29, 1.82) is 0 Å². The number of phosphoric ester groups is 1. The average molecular weight is 246 g/mol. The zero-order valence-corrected chi connectivity index (χ0v) is 10.1. The van der Waals surface area contributed by atoms with Crippen LogP contribution in [0.1, 0.15) is 25.3 Å². The van der Waals surface area contributed by atoms with Gasteiger partial charge in [-0.25, -0.2) is 9.09 Å². The molecule has 0 spiro atoms. The summed E-state index contributed by atoms with van der Waals surface area (Å²) in [6, 6.07) is 7.31. The van der Waals surface area contributed by atoms with E-state index < -0.39 is 14.6 Å². The molecule has 0 aliphatic rings. The van der Waals surface area contributed by atoms with Gasteiger partial charge in [-0.3, -0.25) is 0 Å². The van der Waals surface area contributed by atoms with Gasteiger partial charge < -0.3 is 14.5 Å². The van der Waals surface area contributed by atoms with Gasteiger partial charge in [-0.1, -0.05) is 32.0 Å². The van der Waals surface area contributed by atoms with Crippen molar-refractivity contribution in [2.24, 2.45) is 0 Å². The molecule has 2 N–H and O–H groups in total. The number of phosphoric acid groups is 1. The number of hydrogen-bond acceptors (Lipinski definition) is 3. The highest BCUT2D eigenvalue weighted by molar-refractivity contribution is 7.46. The molecule has 1 rings (SSSR count). The van der Waals surface area contributed by atoms with E-state index in [2.05, 4.69) is 4.52 Å². The predicted octanol–water partition coefficient (Wildman–Crippen LogP) is 2.26. The van der Waals surface area contributed by atoms with Gasteiger partial charge in [0.25, 0.3) is 0 Å². The van der Waals surface area contributed by atoms with Gasteiger partial charge in [-0.05, 0) is 17.5 Å². The minimum atomic E-state index is -4.47. The summed E-state index contributed by atoms with van der Waals surface area (Å²) in [5.41, 5.74) is 0.969. The van der Waals surface area contributed by atoms with Gasteiger partial charge in [-0.2, -0.15) is 0 Å². The third kappa shape index (κ3) is 4.33. The molecule has 0 amide bonds. The summed E-state index contributed by atoms with van der Waals surface area (Å²) >= 11 is 0. The molecular formula is C10H15O5P. The molecule has 0 saturated carbocycles. The highest BCUT2D eigenvalue weighted by Gasteiger charge is 2.14. The highest BCUT2D eigenvalue weighted by Crippen LogP contribution is 2.36. The Morgan fingerprint density at radius 2 is 1.94 bits per heavy atom. The lowest BCUT2D eigenvalue weighted by molar-refractivity contribution is 0.0820. The number of hydrogen-bond donors (Lipinski definition) is 2. The minimum Gasteiger partial charge on any atom is -0.467 e. The van der Waals surface area contributed by atoms with Gasteiger partial charge in [0.2, 0.25) is 0 Å². The van der Waals surface area contributed by atoms with E-state index in [1.54, 1.807) is 12.1 Å². The fourth-order valence-corrected chi connectivity index (χ4v) is 1.44. The second kappa shape index (κ2) is 5.46. The first kappa shape index (κ1) is 13.2. The highest BCUT2D eigenvalue weighted by atomic mass is 31.2. The van der Waals surface area contributed by atoms with Crippen molar-refractivity contribution in [2.75, 3.05) is 6.79 Å². The number of ether oxygens (including phenoxy) is 1. The molecule has 1 aromatic carbocycles. The van der Waals surface area contributed by atoms with Crippen LogP contribution >= 0.6 is 7.82 Å². The van der Waals surface area contributed by atoms with E-state index in [-0.39, 0.29) is 5.92 Å². The van der Waals surface area contributed by atoms with Crippen LogP contribution in [0.3, 0.4) is 0 Å². The maximum atomic E-state index is 10.4. The Balaban J connectivity index is 2.63. The van der Waals surface area contributed by atoms with E-state index in [0.717, 1.165) is 5.56 Å². The average Bonchev–Trinajstić information content (AvgIpc) is 2.16. The largest absolute Gasteiger partial charge is 0.472 e. The van der Waals surface area contributed by atoms with Crippen molar-refractivity contribution in [3.8, 4) is 5.75 Å². The van der Waals surface area contributed by atoms with Crippen LogP contribution in [0.25, 0.3) is 0 Å². The molecular weight excluding hydrogens is 231 g/mol. The molecule has 0 saturated heterocycles. The van der Waals surface area contributed by atoms with Crippen LogP contribution in [0, 0.1) is 0 Å². The van der Waals surface area contributed by atoms with Gasteiger partial charge in [-0.15, -0.1) is 0 Å². The summed E-state index contributed by atoms with van der Waals surface area (Å²) in [5.74, 6) is 0.845. The van der Waals surface area contributed by atoms with Crippen molar-refractivity contribution in [3.63, 3.8) is 0 Å². The molecule has 0 aliphatic heterocycles. The van der Waals surface area contributed by atoms with Crippen LogP contribution in [0.5, 0.6) is 5.75 Å². The van der Waals surface area contributed by atoms with Crippen LogP contribution in [-0.2, 0) is 9.09 Å². The molecule has 0 heterocycles. The second-order valence-corrected chi connectivity index (χ2v) is 4.81. The maximum Gasteiger partial charge on any atom is 0.472 e. The fraction of sp³-hybridized carbons (Fsp3) is 0.400. The lowest BCUT2D eigenvalue weighted by atomic mass is 10.0. The lowest BCUT2D eigenvalue weighted by Crippen LogP contribution is -2.03. The third-order valence-corrected chi connectivity index (χ3v) is 2.42. The van der Waals surface area contributed by atoms with Crippen LogP contribution < -0.4 is 4.74 Å². The SMILES string of the molecule is CC(C)c1ccccc1OCOP(=O)(O)O. The first-order valence-corrected chi connectivity index (χ1v) is 6.35. The monoisotopic (exact) mass is 246 g/mol. The molecule has 16 heavy (non-hydrogen) atoms. The van der Waals surface area contributed by atoms with Crippen LogP contribution in [0.4, 0.5) is 0 Å². The molecule has 0 fully saturated rings. The first-order chi connectivity index (χ1) is 7.40. The van der Waals surface area contributed by atoms with Gasteiger partial charge in [0.05, 0.1) is 0 Å². The zero-order chi connectivity index (χ0) is 12.2. The molecule has 6 heteroatoms. The van der Waals surface area contributed by atoms with E-state index in [1.807, 2.05) is 26.0 Å². The fourth-order valence-electron chi connectivity index (χ4n) is 1.25.